The van der Waals surface area contributed by atoms with E-state index in [9.17, 15) is 8.42 Å². The van der Waals surface area contributed by atoms with Crippen LogP contribution in [0.15, 0.2) is 40.6 Å². The Bertz CT molecular complexity index is 668. The van der Waals surface area contributed by atoms with Crippen LogP contribution in [-0.2, 0) is 23.1 Å². The van der Waals surface area contributed by atoms with Gasteiger partial charge in [0.2, 0.25) is 10.0 Å². The van der Waals surface area contributed by atoms with Crippen molar-refractivity contribution in [3.63, 3.8) is 0 Å². The molecule has 0 radical (unpaired) electrons. The molecule has 7 heteroatoms. The molecule has 0 bridgehead atoms. The predicted octanol–water partition coefficient (Wildman–Crippen LogP) is 2.34. The fourth-order valence-electron chi connectivity index (χ4n) is 1.52. The Balaban J connectivity index is 2.09. The number of benzene rings is 1. The van der Waals surface area contributed by atoms with E-state index in [2.05, 4.69) is 4.72 Å². The lowest BCUT2D eigenvalue weighted by atomic mass is 10.2. The van der Waals surface area contributed by atoms with E-state index in [1.165, 1.54) is 11.3 Å². The lowest BCUT2D eigenvalue weighted by Crippen LogP contribution is -2.22. The first-order valence-corrected chi connectivity index (χ1v) is 8.27. The largest absolute Gasteiger partial charge is 0.326 e. The second-order valence-corrected chi connectivity index (χ2v) is 7.11. The zero-order chi connectivity index (χ0) is 13.9. The third-order valence-electron chi connectivity index (χ3n) is 2.50. The number of nitrogens with two attached hydrogens (primary N) is 1. The molecule has 0 amide bonds. The summed E-state index contributed by atoms with van der Waals surface area (Å²) in [5.41, 5.74) is 6.28. The van der Waals surface area contributed by atoms with Crippen LogP contribution in [0.3, 0.4) is 0 Å². The number of thiophene rings is 1. The van der Waals surface area contributed by atoms with Gasteiger partial charge in [-0.2, -0.15) is 0 Å². The minimum atomic E-state index is -3.50. The first kappa shape index (κ1) is 14.5. The first-order valence-electron chi connectivity index (χ1n) is 5.53. The number of rotatable bonds is 5. The second-order valence-electron chi connectivity index (χ2n) is 3.91. The van der Waals surface area contributed by atoms with Gasteiger partial charge in [-0.05, 0) is 23.8 Å². The molecule has 2 aromatic rings. The second kappa shape index (κ2) is 6.02. The molecule has 1 heterocycles. The molecule has 0 saturated carbocycles. The van der Waals surface area contributed by atoms with E-state index in [4.69, 9.17) is 17.3 Å². The number of nitrogens with one attached hydrogen (secondary N) is 1. The van der Waals surface area contributed by atoms with Gasteiger partial charge in [0, 0.05) is 28.4 Å². The van der Waals surface area contributed by atoms with Crippen molar-refractivity contribution in [2.24, 2.45) is 5.73 Å². The lowest BCUT2D eigenvalue weighted by molar-refractivity contribution is 0.581. The van der Waals surface area contributed by atoms with Crippen molar-refractivity contribution in [2.75, 3.05) is 0 Å². The van der Waals surface area contributed by atoms with Gasteiger partial charge >= 0.3 is 0 Å². The summed E-state index contributed by atoms with van der Waals surface area (Å²) in [5.74, 6) is 0. The zero-order valence-corrected chi connectivity index (χ0v) is 12.4. The van der Waals surface area contributed by atoms with Gasteiger partial charge < -0.3 is 5.73 Å². The van der Waals surface area contributed by atoms with E-state index in [1.807, 2.05) is 6.07 Å². The Morgan fingerprint density at radius 2 is 2.11 bits per heavy atom. The lowest BCUT2D eigenvalue weighted by Gasteiger charge is -2.05. The predicted molar refractivity (Wildman–Crippen MR) is 77.7 cm³/mol. The van der Waals surface area contributed by atoms with E-state index >= 15 is 0 Å². The van der Waals surface area contributed by atoms with E-state index < -0.39 is 10.0 Å². The van der Waals surface area contributed by atoms with Gasteiger partial charge in [-0.3, -0.25) is 0 Å². The van der Waals surface area contributed by atoms with Crippen molar-refractivity contribution < 1.29 is 8.42 Å². The highest BCUT2D eigenvalue weighted by atomic mass is 35.5. The van der Waals surface area contributed by atoms with E-state index in [0.717, 1.165) is 10.4 Å². The number of hydrogen-bond donors (Lipinski definition) is 2. The molecule has 19 heavy (non-hydrogen) atoms. The average molecular weight is 317 g/mol. The molecule has 1 aromatic carbocycles. The molecule has 4 nitrogen and oxygen atoms in total. The summed E-state index contributed by atoms with van der Waals surface area (Å²) in [5, 5.41) is 2.17. The van der Waals surface area contributed by atoms with Crippen molar-refractivity contribution in [3.8, 4) is 0 Å². The monoisotopic (exact) mass is 316 g/mol. The summed E-state index contributed by atoms with van der Waals surface area (Å²) in [6.45, 7) is 0.547. The molecule has 0 aliphatic rings. The Labute approximate surface area is 121 Å². The fraction of sp³-hybridized carbons (Fsp3) is 0.167. The summed E-state index contributed by atoms with van der Waals surface area (Å²) >= 11 is 7.18. The topological polar surface area (TPSA) is 72.2 Å². The Hall–Kier alpha value is -0.920. The van der Waals surface area contributed by atoms with Gasteiger partial charge in [0.25, 0.3) is 0 Å². The summed E-state index contributed by atoms with van der Waals surface area (Å²) in [6, 6.07) is 8.65. The standard InChI is InChI=1S/C12H13ClN2O2S2/c13-10-3-1-2-9(4-10)7-15-19(16,17)12-5-11(6-14)18-8-12/h1-5,8,15H,6-7,14H2. The van der Waals surface area contributed by atoms with Crippen molar-refractivity contribution in [3.05, 3.63) is 51.2 Å². The summed E-state index contributed by atoms with van der Waals surface area (Å²) in [7, 11) is -3.50. The van der Waals surface area contributed by atoms with Gasteiger partial charge in [0.05, 0.1) is 4.90 Å². The van der Waals surface area contributed by atoms with Crippen LogP contribution < -0.4 is 10.5 Å². The Morgan fingerprint density at radius 1 is 1.32 bits per heavy atom. The van der Waals surface area contributed by atoms with Crippen molar-refractivity contribution in [1.82, 2.24) is 4.72 Å². The van der Waals surface area contributed by atoms with E-state index in [-0.39, 0.29) is 11.4 Å². The fourth-order valence-corrected chi connectivity index (χ4v) is 3.90. The number of hydrogen-bond acceptors (Lipinski definition) is 4. The van der Waals surface area contributed by atoms with E-state index in [0.29, 0.717) is 11.6 Å². The van der Waals surface area contributed by atoms with Crippen LogP contribution in [0.4, 0.5) is 0 Å². The van der Waals surface area contributed by atoms with Gasteiger partial charge in [0.15, 0.2) is 0 Å². The molecule has 102 valence electrons. The van der Waals surface area contributed by atoms with Crippen molar-refractivity contribution >= 4 is 33.0 Å². The molecule has 0 aliphatic carbocycles. The van der Waals surface area contributed by atoms with Crippen molar-refractivity contribution in [1.29, 1.82) is 0 Å². The van der Waals surface area contributed by atoms with Gasteiger partial charge in [0.1, 0.15) is 0 Å². The first-order chi connectivity index (χ1) is 9.01. The van der Waals surface area contributed by atoms with Crippen LogP contribution in [0.1, 0.15) is 10.4 Å². The highest BCUT2D eigenvalue weighted by molar-refractivity contribution is 7.89. The summed E-state index contributed by atoms with van der Waals surface area (Å²) in [6.07, 6.45) is 0. The molecule has 0 saturated heterocycles. The molecule has 0 unspecified atom stereocenters. The summed E-state index contributed by atoms with van der Waals surface area (Å²) in [4.78, 5) is 1.09. The Morgan fingerprint density at radius 3 is 2.74 bits per heavy atom. The van der Waals surface area contributed by atoms with Crippen LogP contribution in [0.2, 0.25) is 5.02 Å². The molecule has 0 aliphatic heterocycles. The maximum atomic E-state index is 12.0. The van der Waals surface area contributed by atoms with Gasteiger partial charge in [-0.1, -0.05) is 23.7 Å². The maximum absolute atomic E-state index is 12.0. The molecule has 0 fully saturated rings. The van der Waals surface area contributed by atoms with Crippen LogP contribution in [0.25, 0.3) is 0 Å². The molecule has 0 atom stereocenters. The Kier molecular flexibility index (Phi) is 4.59. The molecule has 3 N–H and O–H groups in total. The quantitative estimate of drug-likeness (QED) is 0.889. The molecule has 2 rings (SSSR count). The third kappa shape index (κ3) is 3.77. The van der Waals surface area contributed by atoms with Crippen LogP contribution in [0, 0.1) is 0 Å². The third-order valence-corrected chi connectivity index (χ3v) is 5.22. The number of halogens is 1. The average Bonchev–Trinajstić information content (AvgIpc) is 2.86. The number of sulfonamides is 1. The van der Waals surface area contributed by atoms with Crippen molar-refractivity contribution in [2.45, 2.75) is 18.0 Å². The normalized spacial score (nSPS) is 11.7. The highest BCUT2D eigenvalue weighted by Crippen LogP contribution is 2.19. The van der Waals surface area contributed by atoms with Crippen LogP contribution >= 0.6 is 22.9 Å². The smallest absolute Gasteiger partial charge is 0.241 e. The van der Waals surface area contributed by atoms with Crippen LogP contribution in [0.5, 0.6) is 0 Å². The SMILES string of the molecule is NCc1cc(S(=O)(=O)NCc2cccc(Cl)c2)cs1. The zero-order valence-electron chi connectivity index (χ0n) is 9.97. The minimum absolute atomic E-state index is 0.205. The molecule has 1 aromatic heterocycles. The molecule has 0 spiro atoms. The van der Waals surface area contributed by atoms with Crippen LogP contribution in [-0.4, -0.2) is 8.42 Å². The highest BCUT2D eigenvalue weighted by Gasteiger charge is 2.15. The molecular formula is C12H13ClN2O2S2. The molecular weight excluding hydrogens is 304 g/mol. The maximum Gasteiger partial charge on any atom is 0.241 e. The van der Waals surface area contributed by atoms with Gasteiger partial charge in [-0.15, -0.1) is 11.3 Å². The minimum Gasteiger partial charge on any atom is -0.326 e. The van der Waals surface area contributed by atoms with Gasteiger partial charge in [-0.25, -0.2) is 13.1 Å². The summed E-state index contributed by atoms with van der Waals surface area (Å²) < 4.78 is 26.6. The van der Waals surface area contributed by atoms with E-state index in [1.54, 1.807) is 29.6 Å².